The van der Waals surface area contributed by atoms with E-state index in [2.05, 4.69) is 12.1 Å². The highest BCUT2D eigenvalue weighted by molar-refractivity contribution is 5.86. The van der Waals surface area contributed by atoms with Crippen LogP contribution in [0.15, 0.2) is 30.3 Å². The van der Waals surface area contributed by atoms with Gasteiger partial charge in [0.15, 0.2) is 5.60 Å². The summed E-state index contributed by atoms with van der Waals surface area (Å²) >= 11 is 0. The second kappa shape index (κ2) is 4.32. The van der Waals surface area contributed by atoms with Gasteiger partial charge in [0.25, 0.3) is 0 Å². The van der Waals surface area contributed by atoms with Gasteiger partial charge in [-0.1, -0.05) is 30.3 Å². The van der Waals surface area contributed by atoms with Crippen molar-refractivity contribution < 1.29 is 14.3 Å². The smallest absolute Gasteiger partial charge is 0.342 e. The van der Waals surface area contributed by atoms with Crippen molar-refractivity contribution in [2.45, 2.75) is 63.3 Å². The molecule has 1 saturated carbocycles. The summed E-state index contributed by atoms with van der Waals surface area (Å²) in [6.07, 6.45) is 3.78. The third-order valence-electron chi connectivity index (χ3n) is 4.24. The SMILES string of the molecule is CC(C)(C)OC(=O)C12CCCCC1(c1ccccc1)O2. The van der Waals surface area contributed by atoms with Crippen molar-refractivity contribution in [2.24, 2.45) is 0 Å². The quantitative estimate of drug-likeness (QED) is 0.611. The van der Waals surface area contributed by atoms with Gasteiger partial charge in [-0.05, 0) is 52.0 Å². The van der Waals surface area contributed by atoms with Gasteiger partial charge in [0.05, 0.1) is 0 Å². The summed E-state index contributed by atoms with van der Waals surface area (Å²) in [5.74, 6) is -0.200. The molecule has 3 heteroatoms. The van der Waals surface area contributed by atoms with Crippen molar-refractivity contribution in [1.29, 1.82) is 0 Å². The second-order valence-corrected chi connectivity index (χ2v) is 6.83. The molecule has 2 atom stereocenters. The Labute approximate surface area is 120 Å². The minimum absolute atomic E-state index is 0.200. The summed E-state index contributed by atoms with van der Waals surface area (Å²) in [7, 11) is 0. The van der Waals surface area contributed by atoms with E-state index in [-0.39, 0.29) is 5.97 Å². The van der Waals surface area contributed by atoms with E-state index >= 15 is 0 Å². The summed E-state index contributed by atoms with van der Waals surface area (Å²) in [6.45, 7) is 5.70. The molecular formula is C17H22O3. The van der Waals surface area contributed by atoms with Gasteiger partial charge in [-0.3, -0.25) is 0 Å². The van der Waals surface area contributed by atoms with Crippen LogP contribution in [0.5, 0.6) is 0 Å². The number of esters is 1. The van der Waals surface area contributed by atoms with Crippen LogP contribution in [0.25, 0.3) is 0 Å². The number of benzene rings is 1. The van der Waals surface area contributed by atoms with Crippen LogP contribution >= 0.6 is 0 Å². The highest BCUT2D eigenvalue weighted by Gasteiger charge is 2.76. The molecule has 1 aliphatic heterocycles. The molecule has 0 bridgehead atoms. The molecule has 20 heavy (non-hydrogen) atoms. The number of rotatable bonds is 2. The van der Waals surface area contributed by atoms with Crippen LogP contribution in [0.3, 0.4) is 0 Å². The van der Waals surface area contributed by atoms with Gasteiger partial charge in [-0.25, -0.2) is 4.79 Å². The maximum Gasteiger partial charge on any atom is 0.342 e. The van der Waals surface area contributed by atoms with E-state index < -0.39 is 16.8 Å². The lowest BCUT2D eigenvalue weighted by Crippen LogP contribution is -2.40. The van der Waals surface area contributed by atoms with Gasteiger partial charge >= 0.3 is 5.97 Å². The molecule has 0 spiro atoms. The summed E-state index contributed by atoms with van der Waals surface area (Å²) in [5, 5.41) is 0. The van der Waals surface area contributed by atoms with Crippen LogP contribution < -0.4 is 0 Å². The lowest BCUT2D eigenvalue weighted by molar-refractivity contribution is -0.162. The molecule has 0 aromatic heterocycles. The predicted octanol–water partition coefficient (Wildman–Crippen LogP) is 3.57. The fourth-order valence-corrected chi connectivity index (χ4v) is 3.34. The normalized spacial score (nSPS) is 32.4. The van der Waals surface area contributed by atoms with Crippen molar-refractivity contribution in [3.05, 3.63) is 35.9 Å². The van der Waals surface area contributed by atoms with Crippen LogP contribution in [0.1, 0.15) is 52.0 Å². The van der Waals surface area contributed by atoms with Gasteiger partial charge in [0.1, 0.15) is 11.2 Å². The summed E-state index contributed by atoms with van der Waals surface area (Å²) < 4.78 is 11.7. The molecule has 3 nitrogen and oxygen atoms in total. The Morgan fingerprint density at radius 2 is 1.80 bits per heavy atom. The van der Waals surface area contributed by atoms with Gasteiger partial charge in [-0.2, -0.15) is 0 Å². The van der Waals surface area contributed by atoms with Crippen LogP contribution in [-0.4, -0.2) is 17.2 Å². The third-order valence-corrected chi connectivity index (χ3v) is 4.24. The molecule has 1 saturated heterocycles. The number of epoxide rings is 1. The van der Waals surface area contributed by atoms with E-state index in [1.807, 2.05) is 39.0 Å². The summed E-state index contributed by atoms with van der Waals surface area (Å²) in [6, 6.07) is 10.1. The zero-order chi connectivity index (χ0) is 14.4. The highest BCUT2D eigenvalue weighted by atomic mass is 16.7. The number of fused-ring (bicyclic) bond motifs is 1. The Balaban J connectivity index is 1.91. The van der Waals surface area contributed by atoms with Crippen LogP contribution in [0.4, 0.5) is 0 Å². The number of ether oxygens (including phenoxy) is 2. The van der Waals surface area contributed by atoms with Crippen molar-refractivity contribution >= 4 is 5.97 Å². The maximum absolute atomic E-state index is 12.6. The fourth-order valence-electron chi connectivity index (χ4n) is 3.34. The van der Waals surface area contributed by atoms with Crippen molar-refractivity contribution in [3.8, 4) is 0 Å². The van der Waals surface area contributed by atoms with Gasteiger partial charge in [-0.15, -0.1) is 0 Å². The Hall–Kier alpha value is -1.35. The lowest BCUT2D eigenvalue weighted by atomic mass is 9.75. The first-order chi connectivity index (χ1) is 9.40. The Bertz CT molecular complexity index is 517. The lowest BCUT2D eigenvalue weighted by Gasteiger charge is -2.27. The molecule has 2 fully saturated rings. The summed E-state index contributed by atoms with van der Waals surface area (Å²) in [4.78, 5) is 12.6. The molecule has 1 heterocycles. The molecular weight excluding hydrogens is 252 g/mol. The molecule has 3 rings (SSSR count). The van der Waals surface area contributed by atoms with Crippen LogP contribution in [0, 0.1) is 0 Å². The molecule has 2 aliphatic rings. The van der Waals surface area contributed by atoms with E-state index in [1.54, 1.807) is 0 Å². The summed E-state index contributed by atoms with van der Waals surface area (Å²) in [5.41, 5.74) is -0.572. The number of carbonyl (C=O) groups is 1. The first kappa shape index (κ1) is 13.6. The monoisotopic (exact) mass is 274 g/mol. The van der Waals surface area contributed by atoms with E-state index in [4.69, 9.17) is 9.47 Å². The molecule has 1 aromatic carbocycles. The maximum atomic E-state index is 12.6. The van der Waals surface area contributed by atoms with Gasteiger partial charge in [0.2, 0.25) is 0 Å². The number of hydrogen-bond acceptors (Lipinski definition) is 3. The van der Waals surface area contributed by atoms with E-state index in [0.29, 0.717) is 0 Å². The highest BCUT2D eigenvalue weighted by Crippen LogP contribution is 2.64. The third kappa shape index (κ3) is 1.96. The predicted molar refractivity (Wildman–Crippen MR) is 76.2 cm³/mol. The zero-order valence-electron chi connectivity index (χ0n) is 12.4. The minimum atomic E-state index is -0.750. The van der Waals surface area contributed by atoms with Crippen molar-refractivity contribution in [1.82, 2.24) is 0 Å². The fraction of sp³-hybridized carbons (Fsp3) is 0.588. The number of carbonyl (C=O) groups excluding carboxylic acids is 1. The van der Waals surface area contributed by atoms with Gasteiger partial charge < -0.3 is 9.47 Å². The molecule has 0 radical (unpaired) electrons. The first-order valence-corrected chi connectivity index (χ1v) is 7.39. The second-order valence-electron chi connectivity index (χ2n) is 6.83. The van der Waals surface area contributed by atoms with E-state index in [1.165, 1.54) is 0 Å². The minimum Gasteiger partial charge on any atom is -0.458 e. The average Bonchev–Trinajstić information content (AvgIpc) is 3.10. The van der Waals surface area contributed by atoms with Gasteiger partial charge in [0, 0.05) is 0 Å². The molecule has 1 aromatic rings. The van der Waals surface area contributed by atoms with E-state index in [9.17, 15) is 4.79 Å². The molecule has 0 amide bonds. The standard InChI is InChI=1S/C17H22O3/c1-15(2,3)19-14(18)17-12-8-7-11-16(17,20-17)13-9-5-4-6-10-13/h4-6,9-10H,7-8,11-12H2,1-3H3. The average molecular weight is 274 g/mol. The Morgan fingerprint density at radius 1 is 1.15 bits per heavy atom. The van der Waals surface area contributed by atoms with Crippen molar-refractivity contribution in [3.63, 3.8) is 0 Å². The van der Waals surface area contributed by atoms with Crippen molar-refractivity contribution in [2.75, 3.05) is 0 Å². The molecule has 1 aliphatic carbocycles. The molecule has 2 unspecified atom stereocenters. The Morgan fingerprint density at radius 3 is 2.45 bits per heavy atom. The molecule has 0 N–H and O–H groups in total. The van der Waals surface area contributed by atoms with E-state index in [0.717, 1.165) is 31.2 Å². The largest absolute Gasteiger partial charge is 0.458 e. The number of hydrogen-bond donors (Lipinski definition) is 0. The van der Waals surface area contributed by atoms with Crippen LogP contribution in [-0.2, 0) is 19.9 Å². The zero-order valence-corrected chi connectivity index (χ0v) is 12.4. The topological polar surface area (TPSA) is 38.8 Å². The van der Waals surface area contributed by atoms with Crippen LogP contribution in [0.2, 0.25) is 0 Å². The molecule has 108 valence electrons. The Kier molecular flexibility index (Phi) is 2.94. The first-order valence-electron chi connectivity index (χ1n) is 7.39.